The summed E-state index contributed by atoms with van der Waals surface area (Å²) in [6, 6.07) is 0.666. The van der Waals surface area contributed by atoms with Crippen molar-refractivity contribution in [1.29, 1.82) is 0 Å². The number of hydrazine groups is 1. The van der Waals surface area contributed by atoms with E-state index in [1.54, 1.807) is 0 Å². The molecule has 0 bridgehead atoms. The minimum atomic E-state index is -5.08. The van der Waals surface area contributed by atoms with Crippen LogP contribution in [0.3, 0.4) is 0 Å². The molecule has 7 heteroatoms. The van der Waals surface area contributed by atoms with E-state index in [-0.39, 0.29) is 0 Å². The van der Waals surface area contributed by atoms with Gasteiger partial charge in [0.2, 0.25) is 0 Å². The molecule has 1 saturated carbocycles. The van der Waals surface area contributed by atoms with Gasteiger partial charge in [0, 0.05) is 13.1 Å². The van der Waals surface area contributed by atoms with Crippen molar-refractivity contribution in [2.45, 2.75) is 44.3 Å². The number of carboxylic acids is 1. The van der Waals surface area contributed by atoms with Crippen molar-refractivity contribution in [2.24, 2.45) is 5.84 Å². The third kappa shape index (κ3) is 6.62. The topological polar surface area (TPSA) is 66.6 Å². The lowest BCUT2D eigenvalue weighted by molar-refractivity contribution is -0.192. The van der Waals surface area contributed by atoms with Gasteiger partial charge in [0.15, 0.2) is 0 Å². The molecule has 0 aromatic carbocycles. The monoisotopic (exact) mass is 242 g/mol. The molecular formula is C9H17F3N2O2. The van der Waals surface area contributed by atoms with E-state index in [1.807, 2.05) is 12.1 Å². The molecule has 1 fully saturated rings. The molecule has 0 aromatic rings. The summed E-state index contributed by atoms with van der Waals surface area (Å²) in [6.07, 6.45) is 1.66. The molecule has 0 atom stereocenters. The van der Waals surface area contributed by atoms with Gasteiger partial charge < -0.3 is 5.11 Å². The summed E-state index contributed by atoms with van der Waals surface area (Å²) in [5, 5.41) is 8.99. The Morgan fingerprint density at radius 2 is 1.69 bits per heavy atom. The van der Waals surface area contributed by atoms with E-state index < -0.39 is 12.1 Å². The Hall–Kier alpha value is -0.820. The molecule has 3 N–H and O–H groups in total. The van der Waals surface area contributed by atoms with Gasteiger partial charge in [0.1, 0.15) is 0 Å². The highest BCUT2D eigenvalue weighted by Gasteiger charge is 2.38. The van der Waals surface area contributed by atoms with Gasteiger partial charge in [-0.25, -0.2) is 9.80 Å². The lowest BCUT2D eigenvalue weighted by Gasteiger charge is -2.27. The molecule has 0 radical (unpaired) electrons. The first-order valence-corrected chi connectivity index (χ1v) is 5.02. The minimum absolute atomic E-state index is 0.666. The molecule has 0 amide bonds. The van der Waals surface area contributed by atoms with Crippen LogP contribution in [0.25, 0.3) is 0 Å². The van der Waals surface area contributed by atoms with Gasteiger partial charge >= 0.3 is 12.1 Å². The highest BCUT2D eigenvalue weighted by Crippen LogP contribution is 2.19. The first-order valence-electron chi connectivity index (χ1n) is 5.02. The van der Waals surface area contributed by atoms with Crippen LogP contribution in [0.15, 0.2) is 0 Å². The number of carbonyl (C=O) groups is 1. The fourth-order valence-electron chi connectivity index (χ4n) is 1.49. The Labute approximate surface area is 92.2 Å². The van der Waals surface area contributed by atoms with Crippen LogP contribution in [-0.2, 0) is 4.79 Å². The molecule has 0 spiro atoms. The number of hydrogen-bond acceptors (Lipinski definition) is 3. The zero-order valence-electron chi connectivity index (χ0n) is 9.13. The van der Waals surface area contributed by atoms with Crippen LogP contribution >= 0.6 is 0 Å². The molecule has 1 aliphatic carbocycles. The predicted octanol–water partition coefficient (Wildman–Crippen LogP) is 1.76. The Kier molecular flexibility index (Phi) is 6.35. The number of nitrogens with zero attached hydrogens (tertiary/aromatic N) is 1. The maximum Gasteiger partial charge on any atom is 0.490 e. The maximum atomic E-state index is 10.6. The molecular weight excluding hydrogens is 225 g/mol. The van der Waals surface area contributed by atoms with E-state index >= 15 is 0 Å². The van der Waals surface area contributed by atoms with Gasteiger partial charge in [-0.2, -0.15) is 13.2 Å². The highest BCUT2D eigenvalue weighted by molar-refractivity contribution is 5.73. The second-order valence-electron chi connectivity index (χ2n) is 3.76. The first-order chi connectivity index (χ1) is 7.25. The van der Waals surface area contributed by atoms with E-state index in [2.05, 4.69) is 0 Å². The van der Waals surface area contributed by atoms with Crippen molar-refractivity contribution in [2.75, 3.05) is 7.05 Å². The standard InChI is InChI=1S/C7H16N2.C2HF3O2/c1-9(8)7-5-3-2-4-6-7;3-2(4,5)1(6)7/h7H,2-6,8H2,1H3;(H,6,7). The van der Waals surface area contributed by atoms with Crippen molar-refractivity contribution in [1.82, 2.24) is 5.01 Å². The number of nitrogens with two attached hydrogens (primary N) is 1. The average Bonchev–Trinajstić information content (AvgIpc) is 2.18. The van der Waals surface area contributed by atoms with Crippen LogP contribution in [0, 0.1) is 0 Å². The summed E-state index contributed by atoms with van der Waals surface area (Å²) in [7, 11) is 1.97. The van der Waals surface area contributed by atoms with Gasteiger partial charge in [0.25, 0.3) is 0 Å². The molecule has 1 aliphatic rings. The van der Waals surface area contributed by atoms with E-state index in [0.29, 0.717) is 6.04 Å². The zero-order valence-corrected chi connectivity index (χ0v) is 9.13. The fraction of sp³-hybridized carbons (Fsp3) is 0.889. The van der Waals surface area contributed by atoms with E-state index in [0.717, 1.165) is 0 Å². The minimum Gasteiger partial charge on any atom is -0.475 e. The summed E-state index contributed by atoms with van der Waals surface area (Å²) in [5.41, 5.74) is 0. The SMILES string of the molecule is CN(N)C1CCCCC1.O=C(O)C(F)(F)F. The molecule has 1 rings (SSSR count). The van der Waals surface area contributed by atoms with Crippen molar-refractivity contribution in [3.63, 3.8) is 0 Å². The van der Waals surface area contributed by atoms with Gasteiger partial charge in [-0.05, 0) is 12.8 Å². The molecule has 96 valence electrons. The van der Waals surface area contributed by atoms with Crippen LogP contribution in [0.5, 0.6) is 0 Å². The van der Waals surface area contributed by atoms with Crippen molar-refractivity contribution >= 4 is 5.97 Å². The number of carboxylic acid groups (broad SMARTS) is 1. The molecule has 0 aliphatic heterocycles. The maximum absolute atomic E-state index is 10.6. The summed E-state index contributed by atoms with van der Waals surface area (Å²) < 4.78 is 31.7. The smallest absolute Gasteiger partial charge is 0.475 e. The summed E-state index contributed by atoms with van der Waals surface area (Å²) >= 11 is 0. The molecule has 16 heavy (non-hydrogen) atoms. The van der Waals surface area contributed by atoms with E-state index in [9.17, 15) is 13.2 Å². The Bertz CT molecular complexity index is 213. The van der Waals surface area contributed by atoms with E-state index in [4.69, 9.17) is 15.7 Å². The predicted molar refractivity (Wildman–Crippen MR) is 52.5 cm³/mol. The van der Waals surface area contributed by atoms with Crippen LogP contribution in [0.2, 0.25) is 0 Å². The van der Waals surface area contributed by atoms with Gasteiger partial charge in [-0.15, -0.1) is 0 Å². The zero-order chi connectivity index (χ0) is 12.8. The number of aliphatic carboxylic acids is 1. The van der Waals surface area contributed by atoms with Gasteiger partial charge in [-0.1, -0.05) is 19.3 Å². The Morgan fingerprint density at radius 3 is 1.88 bits per heavy atom. The average molecular weight is 242 g/mol. The van der Waals surface area contributed by atoms with E-state index in [1.165, 1.54) is 32.1 Å². The van der Waals surface area contributed by atoms with Crippen molar-refractivity contribution in [3.8, 4) is 0 Å². The van der Waals surface area contributed by atoms with Gasteiger partial charge in [-0.3, -0.25) is 5.84 Å². The first kappa shape index (κ1) is 15.2. The number of rotatable bonds is 1. The third-order valence-corrected chi connectivity index (χ3v) is 2.39. The van der Waals surface area contributed by atoms with Crippen LogP contribution in [-0.4, -0.2) is 35.4 Å². The molecule has 0 heterocycles. The molecule has 4 nitrogen and oxygen atoms in total. The fourth-order valence-corrected chi connectivity index (χ4v) is 1.49. The van der Waals surface area contributed by atoms with Crippen LogP contribution in [0.4, 0.5) is 13.2 Å². The molecule has 0 aromatic heterocycles. The number of halogens is 3. The normalized spacial score (nSPS) is 17.9. The van der Waals surface area contributed by atoms with Crippen molar-refractivity contribution < 1.29 is 23.1 Å². The molecule has 0 saturated heterocycles. The highest BCUT2D eigenvalue weighted by atomic mass is 19.4. The summed E-state index contributed by atoms with van der Waals surface area (Å²) in [6.45, 7) is 0. The lowest BCUT2D eigenvalue weighted by Crippen LogP contribution is -2.38. The second kappa shape index (κ2) is 6.70. The largest absolute Gasteiger partial charge is 0.490 e. The number of alkyl halides is 3. The molecule has 0 unspecified atom stereocenters. The quantitative estimate of drug-likeness (QED) is 0.543. The third-order valence-electron chi connectivity index (χ3n) is 2.39. The Balaban J connectivity index is 0.000000293. The van der Waals surface area contributed by atoms with Crippen LogP contribution < -0.4 is 5.84 Å². The summed E-state index contributed by atoms with van der Waals surface area (Å²) in [5.74, 6) is 2.84. The Morgan fingerprint density at radius 1 is 1.31 bits per heavy atom. The lowest BCUT2D eigenvalue weighted by atomic mass is 9.95. The van der Waals surface area contributed by atoms with Crippen molar-refractivity contribution in [3.05, 3.63) is 0 Å². The van der Waals surface area contributed by atoms with Crippen LogP contribution in [0.1, 0.15) is 32.1 Å². The second-order valence-corrected chi connectivity index (χ2v) is 3.76. The number of hydrogen-bond donors (Lipinski definition) is 2. The van der Waals surface area contributed by atoms with Gasteiger partial charge in [0.05, 0.1) is 0 Å². The summed E-state index contributed by atoms with van der Waals surface area (Å²) in [4.78, 5) is 8.90.